The molecule has 0 radical (unpaired) electrons. The van der Waals surface area contributed by atoms with Gasteiger partial charge in [-0.15, -0.1) is 0 Å². The fourth-order valence-corrected chi connectivity index (χ4v) is 1.81. The molecule has 1 aliphatic heterocycles. The molecule has 2 aromatic heterocycles. The zero-order chi connectivity index (χ0) is 11.7. The maximum absolute atomic E-state index is 5.89. The van der Waals surface area contributed by atoms with Gasteiger partial charge in [0.2, 0.25) is 11.7 Å². The maximum atomic E-state index is 5.89. The van der Waals surface area contributed by atoms with Crippen LogP contribution in [0.2, 0.25) is 0 Å². The van der Waals surface area contributed by atoms with Gasteiger partial charge in [0.25, 0.3) is 0 Å². The van der Waals surface area contributed by atoms with E-state index in [9.17, 15) is 0 Å². The van der Waals surface area contributed by atoms with E-state index in [1.165, 1.54) is 0 Å². The first kappa shape index (κ1) is 10.4. The molecule has 2 N–H and O–H groups in total. The number of rotatable bonds is 2. The molecule has 0 spiro atoms. The van der Waals surface area contributed by atoms with Gasteiger partial charge in [0.05, 0.1) is 19.1 Å². The fourth-order valence-electron chi connectivity index (χ4n) is 1.81. The van der Waals surface area contributed by atoms with Crippen molar-refractivity contribution < 1.29 is 9.26 Å². The highest BCUT2D eigenvalue weighted by atomic mass is 16.5. The Morgan fingerprint density at radius 3 is 2.94 bits per heavy atom. The molecular formula is C11H12N4O2. The van der Waals surface area contributed by atoms with Crippen LogP contribution in [0.1, 0.15) is 11.8 Å². The molecule has 6 heteroatoms. The molecule has 3 rings (SSSR count). The van der Waals surface area contributed by atoms with Gasteiger partial charge in [-0.25, -0.2) is 0 Å². The number of aromatic nitrogens is 3. The Morgan fingerprint density at radius 2 is 2.24 bits per heavy atom. The lowest BCUT2D eigenvalue weighted by Crippen LogP contribution is -2.26. The van der Waals surface area contributed by atoms with Gasteiger partial charge in [-0.05, 0) is 12.1 Å². The van der Waals surface area contributed by atoms with Gasteiger partial charge in [-0.3, -0.25) is 4.98 Å². The van der Waals surface area contributed by atoms with Crippen LogP contribution in [0.25, 0.3) is 11.5 Å². The monoisotopic (exact) mass is 232 g/mol. The van der Waals surface area contributed by atoms with E-state index in [0.29, 0.717) is 30.6 Å². The third-order valence-electron chi connectivity index (χ3n) is 2.78. The first-order valence-electron chi connectivity index (χ1n) is 5.43. The molecule has 2 aromatic rings. The Balaban J connectivity index is 1.88. The molecule has 2 atom stereocenters. The van der Waals surface area contributed by atoms with Gasteiger partial charge in [-0.1, -0.05) is 11.2 Å². The summed E-state index contributed by atoms with van der Waals surface area (Å²) in [7, 11) is 0. The number of nitrogens with zero attached hydrogens (tertiary/aromatic N) is 3. The normalized spacial score (nSPS) is 24.1. The second-order valence-corrected chi connectivity index (χ2v) is 3.98. The largest absolute Gasteiger partial charge is 0.379 e. The minimum atomic E-state index is -0.0768. The van der Waals surface area contributed by atoms with E-state index in [1.54, 1.807) is 6.20 Å². The molecule has 88 valence electrons. The van der Waals surface area contributed by atoms with Crippen molar-refractivity contribution in [3.05, 3.63) is 30.3 Å². The van der Waals surface area contributed by atoms with Crippen molar-refractivity contribution in [1.82, 2.24) is 15.1 Å². The van der Waals surface area contributed by atoms with E-state index in [4.69, 9.17) is 15.0 Å². The average molecular weight is 232 g/mol. The molecule has 17 heavy (non-hydrogen) atoms. The van der Waals surface area contributed by atoms with Crippen molar-refractivity contribution in [1.29, 1.82) is 0 Å². The summed E-state index contributed by atoms with van der Waals surface area (Å²) in [6, 6.07) is 5.47. The van der Waals surface area contributed by atoms with Gasteiger partial charge in [0.1, 0.15) is 5.69 Å². The van der Waals surface area contributed by atoms with Gasteiger partial charge in [0.15, 0.2) is 0 Å². The molecule has 0 bridgehead atoms. The molecule has 3 heterocycles. The lowest BCUT2D eigenvalue weighted by atomic mass is 10.1. The molecule has 6 nitrogen and oxygen atoms in total. The Kier molecular flexibility index (Phi) is 2.58. The van der Waals surface area contributed by atoms with E-state index < -0.39 is 0 Å². The highest BCUT2D eigenvalue weighted by molar-refractivity contribution is 5.47. The fraction of sp³-hybridized carbons (Fsp3) is 0.364. The lowest BCUT2D eigenvalue weighted by molar-refractivity contribution is 0.187. The first-order chi connectivity index (χ1) is 8.34. The Morgan fingerprint density at radius 1 is 1.29 bits per heavy atom. The van der Waals surface area contributed by atoms with Gasteiger partial charge in [-0.2, -0.15) is 4.98 Å². The number of nitrogens with two attached hydrogens (primary N) is 1. The number of hydrogen-bond donors (Lipinski definition) is 1. The van der Waals surface area contributed by atoms with Crippen LogP contribution in [-0.4, -0.2) is 34.4 Å². The van der Waals surface area contributed by atoms with Crippen LogP contribution in [0.5, 0.6) is 0 Å². The average Bonchev–Trinajstić information content (AvgIpc) is 2.98. The van der Waals surface area contributed by atoms with E-state index >= 15 is 0 Å². The molecule has 0 amide bonds. The Bertz CT molecular complexity index is 499. The van der Waals surface area contributed by atoms with E-state index in [0.717, 1.165) is 0 Å². The summed E-state index contributed by atoms with van der Waals surface area (Å²) >= 11 is 0. The summed E-state index contributed by atoms with van der Waals surface area (Å²) in [4.78, 5) is 8.47. The van der Waals surface area contributed by atoms with Gasteiger partial charge >= 0.3 is 0 Å². The Labute approximate surface area is 97.8 Å². The number of ether oxygens (including phenoxy) is 1. The molecule has 2 unspecified atom stereocenters. The number of hydrogen-bond acceptors (Lipinski definition) is 6. The molecule has 1 saturated heterocycles. The second kappa shape index (κ2) is 4.23. The highest BCUT2D eigenvalue weighted by Gasteiger charge is 2.31. The summed E-state index contributed by atoms with van der Waals surface area (Å²) in [5, 5.41) is 3.91. The lowest BCUT2D eigenvalue weighted by Gasteiger charge is -2.05. The smallest absolute Gasteiger partial charge is 0.234 e. The van der Waals surface area contributed by atoms with Crippen molar-refractivity contribution in [2.45, 2.75) is 12.0 Å². The predicted octanol–water partition coefficient (Wildman–Crippen LogP) is 0.573. The molecule has 0 saturated carbocycles. The van der Waals surface area contributed by atoms with Crippen LogP contribution < -0.4 is 5.73 Å². The first-order valence-corrected chi connectivity index (χ1v) is 5.43. The van der Waals surface area contributed by atoms with Crippen LogP contribution in [0.3, 0.4) is 0 Å². The Hall–Kier alpha value is -1.79. The maximum Gasteiger partial charge on any atom is 0.234 e. The minimum absolute atomic E-state index is 0.0139. The summed E-state index contributed by atoms with van der Waals surface area (Å²) in [6.07, 6.45) is 1.69. The topological polar surface area (TPSA) is 87.1 Å². The third kappa shape index (κ3) is 1.92. The van der Waals surface area contributed by atoms with Crippen molar-refractivity contribution in [3.8, 4) is 11.5 Å². The predicted molar refractivity (Wildman–Crippen MR) is 59.1 cm³/mol. The van der Waals surface area contributed by atoms with Crippen LogP contribution in [-0.2, 0) is 4.74 Å². The van der Waals surface area contributed by atoms with Crippen molar-refractivity contribution in [2.24, 2.45) is 5.73 Å². The van der Waals surface area contributed by atoms with E-state index in [-0.39, 0.29) is 12.0 Å². The summed E-state index contributed by atoms with van der Waals surface area (Å²) in [6.45, 7) is 1.07. The quantitative estimate of drug-likeness (QED) is 0.814. The van der Waals surface area contributed by atoms with Crippen LogP contribution >= 0.6 is 0 Å². The van der Waals surface area contributed by atoms with Crippen molar-refractivity contribution in [2.75, 3.05) is 13.2 Å². The molecular weight excluding hydrogens is 220 g/mol. The molecule has 0 aliphatic carbocycles. The number of pyridine rings is 1. The standard InChI is InChI=1S/C11H12N4O2/c12-8-6-16-5-7(8)11-14-10(15-17-11)9-3-1-2-4-13-9/h1-4,7-8H,5-6,12H2. The minimum Gasteiger partial charge on any atom is -0.379 e. The summed E-state index contributed by atoms with van der Waals surface area (Å²) in [5.74, 6) is 0.996. The molecule has 0 aromatic carbocycles. The zero-order valence-electron chi connectivity index (χ0n) is 9.11. The third-order valence-corrected chi connectivity index (χ3v) is 2.78. The van der Waals surface area contributed by atoms with Crippen LogP contribution in [0.15, 0.2) is 28.9 Å². The van der Waals surface area contributed by atoms with E-state index in [1.807, 2.05) is 18.2 Å². The van der Waals surface area contributed by atoms with Crippen molar-refractivity contribution in [3.63, 3.8) is 0 Å². The van der Waals surface area contributed by atoms with Crippen molar-refractivity contribution >= 4 is 0 Å². The van der Waals surface area contributed by atoms with Gasteiger partial charge in [0, 0.05) is 12.2 Å². The highest BCUT2D eigenvalue weighted by Crippen LogP contribution is 2.24. The summed E-state index contributed by atoms with van der Waals surface area (Å²) < 4.78 is 10.5. The van der Waals surface area contributed by atoms with Crippen LogP contribution in [0, 0.1) is 0 Å². The second-order valence-electron chi connectivity index (χ2n) is 3.98. The van der Waals surface area contributed by atoms with Crippen LogP contribution in [0.4, 0.5) is 0 Å². The van der Waals surface area contributed by atoms with E-state index in [2.05, 4.69) is 15.1 Å². The molecule has 1 aliphatic rings. The molecule has 1 fully saturated rings. The van der Waals surface area contributed by atoms with Gasteiger partial charge < -0.3 is 15.0 Å². The summed E-state index contributed by atoms with van der Waals surface area (Å²) in [5.41, 5.74) is 6.58. The SMILES string of the molecule is NC1COCC1c1nc(-c2ccccn2)no1. The zero-order valence-corrected chi connectivity index (χ0v) is 9.11.